The molecule has 0 aliphatic rings. The van der Waals surface area contributed by atoms with Crippen LogP contribution in [0, 0.1) is 11.8 Å². The number of hydrogen-bond donors (Lipinski definition) is 8. The lowest BCUT2D eigenvalue weighted by Gasteiger charge is -2.26. The number of aliphatic imine (C=N–C) groups is 1. The summed E-state index contributed by atoms with van der Waals surface area (Å²) in [6.07, 6.45) is 2.69. The van der Waals surface area contributed by atoms with Gasteiger partial charge < -0.3 is 44.0 Å². The standard InChI is InChI=1S/C24H48N8O5/c1-14(2)12-16(26)20(33)30-17(9-7-11-29-24(27)28)21(34)32-19(13-15(3)4)22(35)31-18(23(36)37)8-5-6-10-25/h14-19H,5-13,25-26H2,1-4H3,(H,30,33)(H,31,35)(H,32,34)(H,36,37)(H4,27,28,29)/t16-,17-,18-,19-/m0/s1. The number of aliphatic carboxylic acids is 1. The Morgan fingerprint density at radius 1 is 0.757 bits per heavy atom. The first-order valence-electron chi connectivity index (χ1n) is 12.9. The van der Waals surface area contributed by atoms with Gasteiger partial charge >= 0.3 is 5.97 Å². The third-order valence-corrected chi connectivity index (χ3v) is 5.54. The van der Waals surface area contributed by atoms with E-state index in [1.54, 1.807) is 0 Å². The summed E-state index contributed by atoms with van der Waals surface area (Å²) < 4.78 is 0. The average Bonchev–Trinajstić information content (AvgIpc) is 2.78. The lowest BCUT2D eigenvalue weighted by atomic mass is 10.0. The summed E-state index contributed by atoms with van der Waals surface area (Å²) in [6.45, 7) is 8.29. The van der Waals surface area contributed by atoms with Gasteiger partial charge in [0, 0.05) is 6.54 Å². The van der Waals surface area contributed by atoms with Crippen molar-refractivity contribution < 1.29 is 24.3 Å². The number of nitrogens with zero attached hydrogens (tertiary/aromatic N) is 1. The fourth-order valence-corrected chi connectivity index (χ4v) is 3.66. The summed E-state index contributed by atoms with van der Waals surface area (Å²) in [5, 5.41) is 17.4. The van der Waals surface area contributed by atoms with Gasteiger partial charge in [0.15, 0.2) is 5.96 Å². The van der Waals surface area contributed by atoms with Crippen molar-refractivity contribution in [3.63, 3.8) is 0 Å². The minimum absolute atomic E-state index is 0.0194. The second-order valence-corrected chi connectivity index (χ2v) is 10.1. The van der Waals surface area contributed by atoms with Gasteiger partial charge in [-0.15, -0.1) is 0 Å². The maximum absolute atomic E-state index is 13.2. The van der Waals surface area contributed by atoms with E-state index in [2.05, 4.69) is 20.9 Å². The van der Waals surface area contributed by atoms with Crippen molar-refractivity contribution in [3.05, 3.63) is 0 Å². The molecule has 12 N–H and O–H groups in total. The molecule has 0 aliphatic carbocycles. The molecule has 0 unspecified atom stereocenters. The number of carboxylic acid groups (broad SMARTS) is 1. The summed E-state index contributed by atoms with van der Waals surface area (Å²) in [7, 11) is 0. The van der Waals surface area contributed by atoms with Crippen molar-refractivity contribution in [1.29, 1.82) is 0 Å². The van der Waals surface area contributed by atoms with E-state index in [1.165, 1.54) is 0 Å². The number of guanidine groups is 1. The fourth-order valence-electron chi connectivity index (χ4n) is 3.66. The molecule has 4 atom stereocenters. The first-order valence-corrected chi connectivity index (χ1v) is 12.9. The highest BCUT2D eigenvalue weighted by molar-refractivity contribution is 5.94. The Morgan fingerprint density at radius 2 is 1.27 bits per heavy atom. The molecule has 0 saturated carbocycles. The van der Waals surface area contributed by atoms with Gasteiger partial charge in [0.1, 0.15) is 18.1 Å². The number of rotatable bonds is 19. The SMILES string of the molecule is CC(C)C[C@H](NC(=O)[C@H](CCCN=C(N)N)NC(=O)[C@@H](N)CC(C)C)C(=O)N[C@@H](CCCCN)C(=O)O. The minimum Gasteiger partial charge on any atom is -0.480 e. The van der Waals surface area contributed by atoms with Crippen LogP contribution in [0.1, 0.15) is 72.6 Å². The Balaban J connectivity index is 5.57. The van der Waals surface area contributed by atoms with E-state index in [0.717, 1.165) is 0 Å². The maximum atomic E-state index is 13.2. The minimum atomic E-state index is -1.16. The zero-order valence-electron chi connectivity index (χ0n) is 22.7. The third kappa shape index (κ3) is 15.7. The van der Waals surface area contributed by atoms with Crippen LogP contribution in [-0.4, -0.2) is 72.0 Å². The molecule has 0 fully saturated rings. The molecule has 0 aliphatic heterocycles. The van der Waals surface area contributed by atoms with E-state index in [1.807, 2.05) is 27.7 Å². The monoisotopic (exact) mass is 528 g/mol. The smallest absolute Gasteiger partial charge is 0.326 e. The van der Waals surface area contributed by atoms with Crippen LogP contribution in [0.3, 0.4) is 0 Å². The van der Waals surface area contributed by atoms with Gasteiger partial charge in [0.05, 0.1) is 6.04 Å². The Morgan fingerprint density at radius 3 is 1.78 bits per heavy atom. The Hall–Kier alpha value is -2.93. The van der Waals surface area contributed by atoms with Gasteiger partial charge in [-0.3, -0.25) is 19.4 Å². The van der Waals surface area contributed by atoms with Crippen LogP contribution in [0.25, 0.3) is 0 Å². The molecular weight excluding hydrogens is 480 g/mol. The first kappa shape index (κ1) is 34.1. The van der Waals surface area contributed by atoms with Crippen LogP contribution in [0.5, 0.6) is 0 Å². The van der Waals surface area contributed by atoms with Crippen molar-refractivity contribution in [1.82, 2.24) is 16.0 Å². The number of nitrogens with one attached hydrogen (secondary N) is 3. The molecule has 0 aromatic rings. The number of unbranched alkanes of at least 4 members (excludes halogenated alkanes) is 1. The summed E-state index contributed by atoms with van der Waals surface area (Å²) in [5.41, 5.74) is 22.2. The van der Waals surface area contributed by atoms with Crippen molar-refractivity contribution in [2.24, 2.45) is 39.8 Å². The normalized spacial score (nSPS) is 14.4. The van der Waals surface area contributed by atoms with Crippen molar-refractivity contribution >= 4 is 29.7 Å². The second kappa shape index (κ2) is 18.3. The van der Waals surface area contributed by atoms with Crippen molar-refractivity contribution in [3.8, 4) is 0 Å². The van der Waals surface area contributed by atoms with E-state index in [9.17, 15) is 24.3 Å². The predicted octanol–water partition coefficient (Wildman–Crippen LogP) is -0.872. The third-order valence-electron chi connectivity index (χ3n) is 5.54. The number of hydrogen-bond acceptors (Lipinski definition) is 7. The number of nitrogens with two attached hydrogens (primary N) is 4. The highest BCUT2D eigenvalue weighted by atomic mass is 16.4. The van der Waals surface area contributed by atoms with Gasteiger partial charge in [-0.05, 0) is 63.3 Å². The summed E-state index contributed by atoms with van der Waals surface area (Å²) >= 11 is 0. The lowest BCUT2D eigenvalue weighted by molar-refractivity contribution is -0.142. The molecule has 0 rings (SSSR count). The van der Waals surface area contributed by atoms with Gasteiger partial charge in [-0.1, -0.05) is 27.7 Å². The summed E-state index contributed by atoms with van der Waals surface area (Å²) in [4.78, 5) is 54.4. The van der Waals surface area contributed by atoms with Crippen molar-refractivity contribution in [2.45, 2.75) is 96.8 Å². The molecule has 0 saturated heterocycles. The number of amides is 3. The average molecular weight is 529 g/mol. The van der Waals surface area contributed by atoms with Gasteiger partial charge in [0.25, 0.3) is 0 Å². The van der Waals surface area contributed by atoms with E-state index in [-0.39, 0.29) is 43.6 Å². The first-order chi connectivity index (χ1) is 17.3. The van der Waals surface area contributed by atoms with Gasteiger partial charge in [-0.25, -0.2) is 4.79 Å². The van der Waals surface area contributed by atoms with Crippen LogP contribution in [0.15, 0.2) is 4.99 Å². The second-order valence-electron chi connectivity index (χ2n) is 10.1. The van der Waals surface area contributed by atoms with Crippen LogP contribution in [-0.2, 0) is 19.2 Å². The maximum Gasteiger partial charge on any atom is 0.326 e. The molecule has 0 aromatic heterocycles. The molecule has 3 amide bonds. The zero-order chi connectivity index (χ0) is 28.5. The number of carboxylic acids is 1. The molecule has 13 heteroatoms. The Kier molecular flexibility index (Phi) is 16.9. The topological polar surface area (TPSA) is 241 Å². The largest absolute Gasteiger partial charge is 0.480 e. The van der Waals surface area contributed by atoms with E-state index < -0.39 is 47.9 Å². The molecule has 37 heavy (non-hydrogen) atoms. The Bertz CT molecular complexity index is 755. The summed E-state index contributed by atoms with van der Waals surface area (Å²) in [5.74, 6) is -2.71. The number of carbonyl (C=O) groups is 4. The highest BCUT2D eigenvalue weighted by Gasteiger charge is 2.30. The van der Waals surface area contributed by atoms with Crippen LogP contribution in [0.4, 0.5) is 0 Å². The number of carbonyl (C=O) groups excluding carboxylic acids is 3. The Labute approximate surface area is 219 Å². The van der Waals surface area contributed by atoms with E-state index in [4.69, 9.17) is 22.9 Å². The summed E-state index contributed by atoms with van der Waals surface area (Å²) in [6, 6.07) is -3.88. The van der Waals surface area contributed by atoms with Crippen molar-refractivity contribution in [2.75, 3.05) is 13.1 Å². The van der Waals surface area contributed by atoms with E-state index in [0.29, 0.717) is 32.2 Å². The fraction of sp³-hybridized carbons (Fsp3) is 0.792. The molecule has 0 heterocycles. The van der Waals surface area contributed by atoms with Gasteiger partial charge in [0.2, 0.25) is 17.7 Å². The van der Waals surface area contributed by atoms with E-state index >= 15 is 0 Å². The molecule has 0 aromatic carbocycles. The predicted molar refractivity (Wildman–Crippen MR) is 143 cm³/mol. The molecular formula is C24H48N8O5. The molecule has 214 valence electrons. The van der Waals surface area contributed by atoms with Crippen LogP contribution >= 0.6 is 0 Å². The van der Waals surface area contributed by atoms with Gasteiger partial charge in [-0.2, -0.15) is 0 Å². The molecule has 0 spiro atoms. The molecule has 0 bridgehead atoms. The molecule has 0 radical (unpaired) electrons. The lowest BCUT2D eigenvalue weighted by Crippen LogP contribution is -2.57. The highest BCUT2D eigenvalue weighted by Crippen LogP contribution is 2.10. The van der Waals surface area contributed by atoms with Crippen LogP contribution < -0.4 is 38.9 Å². The zero-order valence-corrected chi connectivity index (χ0v) is 22.7. The quantitative estimate of drug-likeness (QED) is 0.0589. The molecule has 13 nitrogen and oxygen atoms in total. The van der Waals surface area contributed by atoms with Crippen LogP contribution in [0.2, 0.25) is 0 Å².